The summed E-state index contributed by atoms with van der Waals surface area (Å²) in [5.41, 5.74) is 0.903. The SMILES string of the molecule is CCCCCCCC/C=C\CCCCCCCCOC[C@@H](O)CO[Si](c1ccccc1)(c1ccccc1)C(C)(C)C.CCCCCCCC/C=C\CCCCCCCCOC[C@H](CO[Si](c1ccccc1)(c1ccccc1)C(C)(C)C)OCc1cc(F)cc(C#N)c1. The van der Waals surface area contributed by atoms with E-state index in [4.69, 9.17) is 23.1 Å². The van der Waals surface area contributed by atoms with Gasteiger partial charge in [-0.3, -0.25) is 0 Å². The summed E-state index contributed by atoms with van der Waals surface area (Å²) >= 11 is 0. The van der Waals surface area contributed by atoms with Crippen molar-refractivity contribution >= 4 is 37.4 Å². The molecule has 0 heterocycles. The maximum atomic E-state index is 14.2. The lowest BCUT2D eigenvalue weighted by Crippen LogP contribution is -2.67. The maximum Gasteiger partial charge on any atom is 0.261 e. The normalized spacial score (nSPS) is 12.9. The summed E-state index contributed by atoms with van der Waals surface area (Å²) in [6.45, 7) is 21.0. The van der Waals surface area contributed by atoms with E-state index in [1.165, 1.54) is 193 Å². The summed E-state index contributed by atoms with van der Waals surface area (Å²) in [4.78, 5) is 0. The molecule has 0 saturated heterocycles. The number of allylic oxidation sites excluding steroid dienone is 4. The molecule has 0 aliphatic carbocycles. The van der Waals surface area contributed by atoms with Crippen LogP contribution in [0.4, 0.5) is 4.39 Å². The molecule has 0 aliphatic rings. The third kappa shape index (κ3) is 30.7. The molecule has 5 aromatic rings. The third-order valence-corrected chi connectivity index (χ3v) is 27.6. The monoisotopic (exact) mass is 1290 g/mol. The zero-order valence-electron chi connectivity index (χ0n) is 58.8. The van der Waals surface area contributed by atoms with Crippen LogP contribution in [0, 0.1) is 17.1 Å². The summed E-state index contributed by atoms with van der Waals surface area (Å²) in [6.07, 6.45) is 44.6. The van der Waals surface area contributed by atoms with Crippen LogP contribution in [0.15, 0.2) is 164 Å². The lowest BCUT2D eigenvalue weighted by Gasteiger charge is -2.43. The van der Waals surface area contributed by atoms with Gasteiger partial charge in [0.15, 0.2) is 0 Å². The number of halogens is 1. The topological polar surface area (TPSA) is 90.2 Å². The first kappa shape index (κ1) is 79.6. The fraction of sp³-hybridized carbons (Fsp3) is 0.573. The quantitative estimate of drug-likeness (QED) is 0.0236. The van der Waals surface area contributed by atoms with Gasteiger partial charge >= 0.3 is 0 Å². The predicted molar refractivity (Wildman–Crippen MR) is 393 cm³/mol. The van der Waals surface area contributed by atoms with E-state index in [1.54, 1.807) is 6.07 Å². The van der Waals surface area contributed by atoms with Crippen molar-refractivity contribution in [2.24, 2.45) is 0 Å². The Bertz CT molecular complexity index is 2610. The number of ether oxygens (including phenoxy) is 3. The highest BCUT2D eigenvalue weighted by Gasteiger charge is 2.51. The van der Waals surface area contributed by atoms with Gasteiger partial charge in [-0.1, -0.05) is 317 Å². The predicted octanol–water partition coefficient (Wildman–Crippen LogP) is 20.2. The van der Waals surface area contributed by atoms with E-state index in [1.807, 2.05) is 18.2 Å². The van der Waals surface area contributed by atoms with Crippen molar-refractivity contribution in [3.63, 3.8) is 0 Å². The number of hydrogen-bond donors (Lipinski definition) is 1. The average molecular weight is 1300 g/mol. The van der Waals surface area contributed by atoms with Gasteiger partial charge in [-0.15, -0.1) is 0 Å². The second-order valence-corrected chi connectivity index (χ2v) is 36.1. The minimum absolute atomic E-state index is 0.0971. The van der Waals surface area contributed by atoms with Gasteiger partial charge < -0.3 is 28.2 Å². The summed E-state index contributed by atoms with van der Waals surface area (Å²) in [7, 11) is -5.41. The molecular formula is C82H124FNO6Si2. The molecule has 0 fully saturated rings. The van der Waals surface area contributed by atoms with Crippen molar-refractivity contribution in [2.75, 3.05) is 39.6 Å². The van der Waals surface area contributed by atoms with E-state index in [0.717, 1.165) is 19.3 Å². The maximum absolute atomic E-state index is 14.2. The van der Waals surface area contributed by atoms with E-state index in [-0.39, 0.29) is 35.0 Å². The first-order valence-electron chi connectivity index (χ1n) is 36.2. The molecule has 7 nitrogen and oxygen atoms in total. The average Bonchev–Trinajstić information content (AvgIpc) is 0.769. The van der Waals surface area contributed by atoms with Crippen LogP contribution in [0.5, 0.6) is 0 Å². The molecule has 5 aromatic carbocycles. The second-order valence-electron chi connectivity index (χ2n) is 27.5. The molecule has 10 heteroatoms. The zero-order chi connectivity index (χ0) is 66.3. The Balaban J connectivity index is 0.000000402. The third-order valence-electron chi connectivity index (χ3n) is 17.6. The van der Waals surface area contributed by atoms with Crippen LogP contribution in [0.25, 0.3) is 0 Å². The van der Waals surface area contributed by atoms with E-state index in [9.17, 15) is 14.8 Å². The number of hydrogen-bond acceptors (Lipinski definition) is 7. The number of nitriles is 1. The largest absolute Gasteiger partial charge is 0.405 e. The van der Waals surface area contributed by atoms with E-state index < -0.39 is 28.6 Å². The van der Waals surface area contributed by atoms with Gasteiger partial charge in [0.2, 0.25) is 0 Å². The van der Waals surface area contributed by atoms with Crippen molar-refractivity contribution in [1.29, 1.82) is 5.26 Å². The summed E-state index contributed by atoms with van der Waals surface area (Å²) < 4.78 is 46.7. The van der Waals surface area contributed by atoms with Gasteiger partial charge in [-0.25, -0.2) is 4.39 Å². The van der Waals surface area contributed by atoms with Crippen LogP contribution in [0.3, 0.4) is 0 Å². The number of aliphatic hydroxyl groups excluding tert-OH is 1. The number of rotatable bonds is 49. The van der Waals surface area contributed by atoms with Crippen molar-refractivity contribution < 1.29 is 32.6 Å². The Morgan fingerprint density at radius 3 is 1.13 bits per heavy atom. The molecule has 92 heavy (non-hydrogen) atoms. The first-order valence-corrected chi connectivity index (χ1v) is 40.0. The minimum atomic E-state index is -2.78. The second kappa shape index (κ2) is 48.0. The molecule has 0 bridgehead atoms. The Labute approximate surface area is 562 Å². The molecule has 0 aromatic heterocycles. The van der Waals surface area contributed by atoms with Gasteiger partial charge in [0.05, 0.1) is 50.8 Å². The summed E-state index contributed by atoms with van der Waals surface area (Å²) in [6, 6.07) is 48.7. The molecule has 2 atom stereocenters. The highest BCUT2D eigenvalue weighted by atomic mass is 28.4. The highest BCUT2D eigenvalue weighted by molar-refractivity contribution is 7.00. The molecule has 5 rings (SSSR count). The summed E-state index contributed by atoms with van der Waals surface area (Å²) in [5.74, 6) is -0.441. The number of unbranched alkanes of at least 4 members (excludes halogenated alkanes) is 24. The Morgan fingerprint density at radius 2 is 0.772 bits per heavy atom. The van der Waals surface area contributed by atoms with Gasteiger partial charge in [0.25, 0.3) is 16.6 Å². The Morgan fingerprint density at radius 1 is 0.435 bits per heavy atom. The standard InChI is InChI=1S/C45H64FNO3Si.C37H60O3Si/c1-5-6-7-8-9-10-11-12-13-14-15-16-17-18-19-26-31-48-37-42(49-36-40-32-39(35-47)33-41(46)34-40)38-50-51(45(2,3)4,43-27-22-20-23-28-43)44-29-24-21-25-30-44;1-5-6-7-8-9-10-11-12-13-14-15-16-17-18-19-26-31-39-32-34(38)33-40-41(37(2,3)4,35-27-22-20-23-28-35)36-29-24-21-25-30-36/h12-13,20-25,27-30,32-34,42H,5-11,14-19,26,31,36-38H2,1-4H3;12-13,20-25,27-30,34,38H,5-11,14-19,26,31-33H2,1-4H3/b2*13-12-/t42-;34-/m11/s1. The van der Waals surface area contributed by atoms with Crippen LogP contribution in [-0.2, 0) is 29.7 Å². The van der Waals surface area contributed by atoms with Gasteiger partial charge in [-0.2, -0.15) is 5.26 Å². The molecule has 0 aliphatic heterocycles. The van der Waals surface area contributed by atoms with Crippen LogP contribution in [-0.4, -0.2) is 73.6 Å². The van der Waals surface area contributed by atoms with Gasteiger partial charge in [0.1, 0.15) is 11.9 Å². The molecule has 508 valence electrons. The van der Waals surface area contributed by atoms with Crippen LogP contribution >= 0.6 is 0 Å². The highest BCUT2D eigenvalue weighted by Crippen LogP contribution is 2.38. The molecule has 1 N–H and O–H groups in total. The van der Waals surface area contributed by atoms with Crippen molar-refractivity contribution in [2.45, 2.75) is 264 Å². The molecule has 0 amide bonds. The van der Waals surface area contributed by atoms with Crippen molar-refractivity contribution in [1.82, 2.24) is 0 Å². The van der Waals surface area contributed by atoms with Gasteiger partial charge in [-0.05, 0) is 119 Å². The fourth-order valence-corrected chi connectivity index (χ4v) is 21.7. The van der Waals surface area contributed by atoms with E-state index in [0.29, 0.717) is 38.6 Å². The number of aliphatic hydroxyl groups is 1. The fourth-order valence-electron chi connectivity index (χ4n) is 12.5. The zero-order valence-corrected chi connectivity index (χ0v) is 60.8. The van der Waals surface area contributed by atoms with Crippen LogP contribution in [0.1, 0.15) is 246 Å². The lowest BCUT2D eigenvalue weighted by atomic mass is 10.1. The van der Waals surface area contributed by atoms with Gasteiger partial charge in [0, 0.05) is 13.2 Å². The smallest absolute Gasteiger partial charge is 0.261 e. The van der Waals surface area contributed by atoms with Crippen molar-refractivity contribution in [3.05, 3.63) is 181 Å². The Hall–Kier alpha value is -4.81. The van der Waals surface area contributed by atoms with E-state index >= 15 is 0 Å². The lowest BCUT2D eigenvalue weighted by molar-refractivity contribution is -0.0471. The minimum Gasteiger partial charge on any atom is -0.405 e. The van der Waals surface area contributed by atoms with Crippen LogP contribution in [0.2, 0.25) is 10.1 Å². The molecule has 0 radical (unpaired) electrons. The van der Waals surface area contributed by atoms with E-state index in [2.05, 4.69) is 189 Å². The van der Waals surface area contributed by atoms with Crippen molar-refractivity contribution in [3.8, 4) is 6.07 Å². The van der Waals surface area contributed by atoms with Crippen LogP contribution < -0.4 is 20.7 Å². The molecule has 0 spiro atoms. The molecular weight excluding hydrogens is 1170 g/mol. The number of nitrogens with zero attached hydrogens (tertiary/aromatic N) is 1. The Kier molecular flexibility index (Phi) is 41.5. The first-order chi connectivity index (χ1) is 44.7. The molecule has 0 saturated carbocycles. The number of benzene rings is 5. The summed E-state index contributed by atoms with van der Waals surface area (Å²) in [5, 5.41) is 24.7. The molecule has 0 unspecified atom stereocenters.